The fraction of sp³-hybridized carbons (Fsp3) is 0.600. The van der Waals surface area contributed by atoms with Crippen molar-refractivity contribution in [3.05, 3.63) is 11.6 Å². The molecular weight excluding hydrogens is 229 g/mol. The van der Waals surface area contributed by atoms with Gasteiger partial charge in [0.25, 0.3) is 0 Å². The predicted octanol–water partition coefficient (Wildman–Crippen LogP) is 1.61. The lowest BCUT2D eigenvalue weighted by atomic mass is 10.5. The standard InChI is InChI=1S/C5H8IN3/c1-3(6)5-7-4(2)8-9-5/h3H,1-2H3,(H,7,8,9). The quantitative estimate of drug-likeness (QED) is 0.595. The Morgan fingerprint density at radius 3 is 2.44 bits per heavy atom. The lowest BCUT2D eigenvalue weighted by Crippen LogP contribution is -1.85. The number of alkyl halides is 1. The predicted molar refractivity (Wildman–Crippen MR) is 43.6 cm³/mol. The van der Waals surface area contributed by atoms with Crippen molar-refractivity contribution in [3.8, 4) is 0 Å². The van der Waals surface area contributed by atoms with Crippen LogP contribution in [-0.2, 0) is 0 Å². The maximum absolute atomic E-state index is 3.90. The second-order valence-corrected chi connectivity index (χ2v) is 3.78. The molecule has 0 bridgehead atoms. The van der Waals surface area contributed by atoms with Crippen LogP contribution >= 0.6 is 22.6 Å². The highest BCUT2D eigenvalue weighted by Gasteiger charge is 2.03. The van der Waals surface area contributed by atoms with Crippen LogP contribution in [0.1, 0.15) is 22.5 Å². The lowest BCUT2D eigenvalue weighted by Gasteiger charge is -1.92. The molecule has 4 heteroatoms. The summed E-state index contributed by atoms with van der Waals surface area (Å²) in [5.74, 6) is 1.83. The summed E-state index contributed by atoms with van der Waals surface area (Å²) in [5, 5.41) is 7.73. The van der Waals surface area contributed by atoms with E-state index in [4.69, 9.17) is 0 Å². The van der Waals surface area contributed by atoms with Crippen molar-refractivity contribution in [1.29, 1.82) is 0 Å². The first-order chi connectivity index (χ1) is 4.20. The minimum Gasteiger partial charge on any atom is -0.328 e. The topological polar surface area (TPSA) is 41.6 Å². The zero-order chi connectivity index (χ0) is 6.85. The van der Waals surface area contributed by atoms with Gasteiger partial charge in [-0.15, -0.1) is 10.2 Å². The molecular formula is C5H8IN3. The van der Waals surface area contributed by atoms with Crippen molar-refractivity contribution in [2.75, 3.05) is 0 Å². The molecule has 1 N–H and O–H groups in total. The molecule has 0 radical (unpaired) electrons. The Hall–Kier alpha value is -0.130. The summed E-state index contributed by atoms with van der Waals surface area (Å²) in [4.78, 5) is 3.05. The molecule has 1 heterocycles. The number of rotatable bonds is 1. The molecule has 0 amide bonds. The normalized spacial score (nSPS) is 13.7. The Morgan fingerprint density at radius 2 is 2.22 bits per heavy atom. The minimum absolute atomic E-state index is 0.420. The zero-order valence-corrected chi connectivity index (χ0v) is 7.51. The lowest BCUT2D eigenvalue weighted by molar-refractivity contribution is 0.949. The zero-order valence-electron chi connectivity index (χ0n) is 5.35. The smallest absolute Gasteiger partial charge is 0.143 e. The largest absolute Gasteiger partial charge is 0.328 e. The van der Waals surface area contributed by atoms with Crippen LogP contribution in [0.3, 0.4) is 0 Å². The first-order valence-corrected chi connectivity index (χ1v) is 3.98. The molecule has 1 aromatic rings. The Balaban J connectivity index is 2.85. The van der Waals surface area contributed by atoms with E-state index < -0.39 is 0 Å². The van der Waals surface area contributed by atoms with E-state index in [1.54, 1.807) is 0 Å². The Bertz CT molecular complexity index is 194. The fourth-order valence-electron chi connectivity index (χ4n) is 0.543. The summed E-state index contributed by atoms with van der Waals surface area (Å²) in [6, 6.07) is 0. The average molecular weight is 237 g/mol. The van der Waals surface area contributed by atoms with Crippen LogP contribution in [0.2, 0.25) is 0 Å². The van der Waals surface area contributed by atoms with Gasteiger partial charge in [-0.2, -0.15) is 0 Å². The van der Waals surface area contributed by atoms with E-state index in [2.05, 4.69) is 44.7 Å². The van der Waals surface area contributed by atoms with E-state index in [-0.39, 0.29) is 0 Å². The van der Waals surface area contributed by atoms with Crippen LogP contribution in [0.4, 0.5) is 0 Å². The Kier molecular flexibility index (Phi) is 2.05. The number of aryl methyl sites for hydroxylation is 1. The minimum atomic E-state index is 0.420. The van der Waals surface area contributed by atoms with Gasteiger partial charge in [0, 0.05) is 0 Å². The summed E-state index contributed by atoms with van der Waals surface area (Å²) in [6.45, 7) is 3.97. The molecule has 3 nitrogen and oxygen atoms in total. The van der Waals surface area contributed by atoms with Gasteiger partial charge in [-0.1, -0.05) is 22.6 Å². The number of H-pyrrole nitrogens is 1. The molecule has 0 aliphatic rings. The van der Waals surface area contributed by atoms with Gasteiger partial charge in [0.15, 0.2) is 0 Å². The van der Waals surface area contributed by atoms with Crippen LogP contribution in [-0.4, -0.2) is 15.2 Å². The number of aromatic amines is 1. The second kappa shape index (κ2) is 2.64. The van der Waals surface area contributed by atoms with Crippen LogP contribution in [0, 0.1) is 6.92 Å². The van der Waals surface area contributed by atoms with Gasteiger partial charge in [-0.25, -0.2) is 0 Å². The molecule has 50 valence electrons. The summed E-state index contributed by atoms with van der Waals surface area (Å²) >= 11 is 2.29. The number of nitrogens with zero attached hydrogens (tertiary/aromatic N) is 2. The van der Waals surface area contributed by atoms with Crippen LogP contribution in [0.15, 0.2) is 0 Å². The fourth-order valence-corrected chi connectivity index (χ4v) is 0.823. The van der Waals surface area contributed by atoms with Crippen molar-refractivity contribution < 1.29 is 0 Å². The third-order valence-corrected chi connectivity index (χ3v) is 1.58. The highest BCUT2D eigenvalue weighted by atomic mass is 127. The number of hydrogen-bond acceptors (Lipinski definition) is 2. The van der Waals surface area contributed by atoms with Crippen LogP contribution < -0.4 is 0 Å². The van der Waals surface area contributed by atoms with Gasteiger partial charge < -0.3 is 4.98 Å². The molecule has 0 saturated heterocycles. The van der Waals surface area contributed by atoms with E-state index >= 15 is 0 Å². The van der Waals surface area contributed by atoms with E-state index in [0.717, 1.165) is 11.6 Å². The molecule has 0 aliphatic carbocycles. The highest BCUT2D eigenvalue weighted by Crippen LogP contribution is 2.16. The number of hydrogen-bond donors (Lipinski definition) is 1. The molecule has 1 aromatic heterocycles. The molecule has 0 aliphatic heterocycles. The molecule has 1 unspecified atom stereocenters. The van der Waals surface area contributed by atoms with Gasteiger partial charge in [0.1, 0.15) is 11.6 Å². The molecule has 0 aromatic carbocycles. The van der Waals surface area contributed by atoms with Crippen molar-refractivity contribution >= 4 is 22.6 Å². The van der Waals surface area contributed by atoms with Gasteiger partial charge in [-0.05, 0) is 13.8 Å². The first kappa shape index (κ1) is 6.98. The van der Waals surface area contributed by atoms with Gasteiger partial charge in [-0.3, -0.25) is 0 Å². The second-order valence-electron chi connectivity index (χ2n) is 1.91. The summed E-state index contributed by atoms with van der Waals surface area (Å²) in [6.07, 6.45) is 0. The summed E-state index contributed by atoms with van der Waals surface area (Å²) in [5.41, 5.74) is 0. The maximum atomic E-state index is 3.90. The molecule has 9 heavy (non-hydrogen) atoms. The van der Waals surface area contributed by atoms with Gasteiger partial charge in [0.05, 0.1) is 3.92 Å². The molecule has 1 rings (SSSR count). The van der Waals surface area contributed by atoms with Crippen LogP contribution in [0.25, 0.3) is 0 Å². The third kappa shape index (κ3) is 1.64. The van der Waals surface area contributed by atoms with Crippen molar-refractivity contribution in [1.82, 2.24) is 15.2 Å². The van der Waals surface area contributed by atoms with Crippen LogP contribution in [0.5, 0.6) is 0 Å². The third-order valence-electron chi connectivity index (χ3n) is 0.993. The maximum Gasteiger partial charge on any atom is 0.143 e. The van der Waals surface area contributed by atoms with E-state index in [1.165, 1.54) is 0 Å². The van der Waals surface area contributed by atoms with Crippen molar-refractivity contribution in [2.24, 2.45) is 0 Å². The van der Waals surface area contributed by atoms with Crippen molar-refractivity contribution in [3.63, 3.8) is 0 Å². The van der Waals surface area contributed by atoms with Gasteiger partial charge >= 0.3 is 0 Å². The van der Waals surface area contributed by atoms with Gasteiger partial charge in [0.2, 0.25) is 0 Å². The average Bonchev–Trinajstić information content (AvgIpc) is 2.14. The molecule has 1 atom stereocenters. The van der Waals surface area contributed by atoms with E-state index in [0.29, 0.717) is 3.92 Å². The monoisotopic (exact) mass is 237 g/mol. The highest BCUT2D eigenvalue weighted by molar-refractivity contribution is 14.1. The first-order valence-electron chi connectivity index (χ1n) is 2.73. The molecule has 0 spiro atoms. The summed E-state index contributed by atoms with van der Waals surface area (Å²) < 4.78 is 0.420. The number of nitrogens with one attached hydrogen (secondary N) is 1. The summed E-state index contributed by atoms with van der Waals surface area (Å²) in [7, 11) is 0. The number of aromatic nitrogens is 3. The van der Waals surface area contributed by atoms with Crippen molar-refractivity contribution in [2.45, 2.75) is 17.8 Å². The van der Waals surface area contributed by atoms with E-state index in [1.807, 2.05) is 6.92 Å². The SMILES string of the molecule is Cc1nnc(C(C)I)[nH]1. The number of halogens is 1. The Morgan fingerprint density at radius 1 is 1.56 bits per heavy atom. The Labute approximate surface area is 67.4 Å². The molecule has 0 saturated carbocycles. The molecule has 0 fully saturated rings. The van der Waals surface area contributed by atoms with E-state index in [9.17, 15) is 0 Å².